The quantitative estimate of drug-likeness (QED) is 0.821. The molecule has 2 fully saturated rings. The van der Waals surface area contributed by atoms with Crippen LogP contribution >= 0.6 is 0 Å². The number of hydrogen-bond acceptors (Lipinski definition) is 3. The molecule has 3 heteroatoms. The van der Waals surface area contributed by atoms with Gasteiger partial charge in [-0.15, -0.1) is 0 Å². The lowest BCUT2D eigenvalue weighted by Crippen LogP contribution is -2.34. The molecule has 3 rings (SSSR count). The highest BCUT2D eigenvalue weighted by atomic mass is 16.3. The first-order valence-corrected chi connectivity index (χ1v) is 7.76. The van der Waals surface area contributed by atoms with Crippen LogP contribution in [0.1, 0.15) is 50.7 Å². The molecule has 0 saturated heterocycles. The first kappa shape index (κ1) is 13.2. The molecule has 1 heterocycles. The first-order valence-electron chi connectivity index (χ1n) is 7.76. The number of aliphatic hydroxyl groups excluding tert-OH is 1. The van der Waals surface area contributed by atoms with Crippen molar-refractivity contribution in [3.05, 3.63) is 24.2 Å². The van der Waals surface area contributed by atoms with E-state index < -0.39 is 0 Å². The Labute approximate surface area is 115 Å². The monoisotopic (exact) mass is 263 g/mol. The molecule has 0 amide bonds. The van der Waals surface area contributed by atoms with Crippen molar-refractivity contribution in [2.45, 2.75) is 63.6 Å². The summed E-state index contributed by atoms with van der Waals surface area (Å²) in [7, 11) is 0. The zero-order valence-corrected chi connectivity index (χ0v) is 11.6. The maximum Gasteiger partial charge on any atom is 0.117 e. The fourth-order valence-corrected chi connectivity index (χ4v) is 3.36. The third kappa shape index (κ3) is 3.83. The summed E-state index contributed by atoms with van der Waals surface area (Å²) in [6.07, 6.45) is 10.5. The Bertz CT molecular complexity index is 366. The van der Waals surface area contributed by atoms with Crippen LogP contribution in [0.3, 0.4) is 0 Å². The molecular formula is C16H25NO2. The lowest BCUT2D eigenvalue weighted by Gasteiger charge is -2.25. The highest BCUT2D eigenvalue weighted by Gasteiger charge is 2.31. The van der Waals surface area contributed by atoms with Gasteiger partial charge in [-0.3, -0.25) is 4.90 Å². The summed E-state index contributed by atoms with van der Waals surface area (Å²) < 4.78 is 5.43. The van der Waals surface area contributed by atoms with Crippen molar-refractivity contribution in [3.8, 4) is 0 Å². The van der Waals surface area contributed by atoms with E-state index in [2.05, 4.69) is 4.90 Å². The fraction of sp³-hybridized carbons (Fsp3) is 0.750. The van der Waals surface area contributed by atoms with Crippen molar-refractivity contribution in [2.75, 3.05) is 6.54 Å². The van der Waals surface area contributed by atoms with Crippen LogP contribution in [0.25, 0.3) is 0 Å². The third-order valence-electron chi connectivity index (χ3n) is 4.53. The maximum atomic E-state index is 10.3. The Morgan fingerprint density at radius 3 is 2.68 bits per heavy atom. The van der Waals surface area contributed by atoms with Gasteiger partial charge in [0, 0.05) is 12.6 Å². The third-order valence-corrected chi connectivity index (χ3v) is 4.53. The molecule has 0 spiro atoms. The van der Waals surface area contributed by atoms with E-state index in [9.17, 15) is 5.11 Å². The van der Waals surface area contributed by atoms with E-state index in [0.717, 1.165) is 31.2 Å². The van der Waals surface area contributed by atoms with E-state index in [1.54, 1.807) is 6.26 Å². The molecule has 0 aliphatic heterocycles. The van der Waals surface area contributed by atoms with Crippen LogP contribution in [-0.4, -0.2) is 28.7 Å². The van der Waals surface area contributed by atoms with Gasteiger partial charge in [0.25, 0.3) is 0 Å². The van der Waals surface area contributed by atoms with Gasteiger partial charge in [-0.25, -0.2) is 0 Å². The molecule has 1 atom stereocenters. The van der Waals surface area contributed by atoms with E-state index in [1.165, 1.54) is 38.5 Å². The lowest BCUT2D eigenvalue weighted by molar-refractivity contribution is 0.0808. The minimum atomic E-state index is -0.168. The largest absolute Gasteiger partial charge is 0.468 e. The number of furan rings is 1. The Morgan fingerprint density at radius 2 is 2.05 bits per heavy atom. The molecule has 19 heavy (non-hydrogen) atoms. The van der Waals surface area contributed by atoms with Crippen LogP contribution < -0.4 is 0 Å². The van der Waals surface area contributed by atoms with Gasteiger partial charge in [0.1, 0.15) is 5.76 Å². The first-order chi connectivity index (χ1) is 9.31. The Balaban J connectivity index is 1.49. The molecule has 1 unspecified atom stereocenters. The molecule has 0 radical (unpaired) electrons. The summed E-state index contributed by atoms with van der Waals surface area (Å²) in [5, 5.41) is 10.3. The van der Waals surface area contributed by atoms with Gasteiger partial charge in [-0.05, 0) is 37.3 Å². The zero-order chi connectivity index (χ0) is 13.1. The van der Waals surface area contributed by atoms with Gasteiger partial charge in [0.2, 0.25) is 0 Å². The molecule has 106 valence electrons. The van der Waals surface area contributed by atoms with Crippen LogP contribution in [0.4, 0.5) is 0 Å². The molecule has 0 aromatic carbocycles. The molecule has 1 aromatic rings. The van der Waals surface area contributed by atoms with Gasteiger partial charge in [0.05, 0.1) is 18.9 Å². The summed E-state index contributed by atoms with van der Waals surface area (Å²) in [5.74, 6) is 1.78. The van der Waals surface area contributed by atoms with Crippen molar-refractivity contribution < 1.29 is 9.52 Å². The standard InChI is InChI=1S/C16H25NO2/c18-15(10-13-4-1-2-5-13)11-17(14-7-8-14)12-16-6-3-9-19-16/h3,6,9,13-15,18H,1-2,4-5,7-8,10-12H2. The lowest BCUT2D eigenvalue weighted by atomic mass is 10.00. The summed E-state index contributed by atoms with van der Waals surface area (Å²) in [6, 6.07) is 4.64. The van der Waals surface area contributed by atoms with Crippen LogP contribution in [0.2, 0.25) is 0 Å². The van der Waals surface area contributed by atoms with E-state index in [0.29, 0.717) is 6.04 Å². The summed E-state index contributed by atoms with van der Waals surface area (Å²) >= 11 is 0. The van der Waals surface area contributed by atoms with E-state index in [4.69, 9.17) is 4.42 Å². The van der Waals surface area contributed by atoms with Gasteiger partial charge in [-0.1, -0.05) is 25.7 Å². The minimum Gasteiger partial charge on any atom is -0.468 e. The number of rotatable bonds is 7. The van der Waals surface area contributed by atoms with Crippen molar-refractivity contribution in [2.24, 2.45) is 5.92 Å². The molecule has 1 N–H and O–H groups in total. The number of hydrogen-bond donors (Lipinski definition) is 1. The normalized spacial score (nSPS) is 22.2. The van der Waals surface area contributed by atoms with Crippen LogP contribution in [-0.2, 0) is 6.54 Å². The van der Waals surface area contributed by atoms with Crippen molar-refractivity contribution in [3.63, 3.8) is 0 Å². The summed E-state index contributed by atoms with van der Waals surface area (Å²) in [4.78, 5) is 2.40. The molecular weight excluding hydrogens is 238 g/mol. The Morgan fingerprint density at radius 1 is 1.26 bits per heavy atom. The van der Waals surface area contributed by atoms with Gasteiger partial charge in [-0.2, -0.15) is 0 Å². The van der Waals surface area contributed by atoms with Crippen molar-refractivity contribution >= 4 is 0 Å². The Hall–Kier alpha value is -0.800. The molecule has 1 aromatic heterocycles. The second kappa shape index (κ2) is 6.10. The molecule has 2 saturated carbocycles. The SMILES string of the molecule is OC(CC1CCCC1)CN(Cc1ccco1)C1CC1. The molecule has 0 bridgehead atoms. The summed E-state index contributed by atoms with van der Waals surface area (Å²) in [5.41, 5.74) is 0. The van der Waals surface area contributed by atoms with Crippen LogP contribution in [0.15, 0.2) is 22.8 Å². The van der Waals surface area contributed by atoms with Gasteiger partial charge < -0.3 is 9.52 Å². The fourth-order valence-electron chi connectivity index (χ4n) is 3.36. The Kier molecular flexibility index (Phi) is 4.24. The highest BCUT2D eigenvalue weighted by Crippen LogP contribution is 2.31. The second-order valence-corrected chi connectivity index (χ2v) is 6.28. The molecule has 2 aliphatic rings. The van der Waals surface area contributed by atoms with Crippen molar-refractivity contribution in [1.82, 2.24) is 4.90 Å². The average Bonchev–Trinajstić information content (AvgIpc) is 2.87. The maximum absolute atomic E-state index is 10.3. The van der Waals surface area contributed by atoms with Crippen molar-refractivity contribution in [1.29, 1.82) is 0 Å². The topological polar surface area (TPSA) is 36.6 Å². The average molecular weight is 263 g/mol. The van der Waals surface area contributed by atoms with E-state index in [-0.39, 0.29) is 6.10 Å². The van der Waals surface area contributed by atoms with Crippen LogP contribution in [0.5, 0.6) is 0 Å². The van der Waals surface area contributed by atoms with E-state index in [1.807, 2.05) is 12.1 Å². The highest BCUT2D eigenvalue weighted by molar-refractivity contribution is 5.00. The predicted molar refractivity (Wildman–Crippen MR) is 74.7 cm³/mol. The number of nitrogens with zero attached hydrogens (tertiary/aromatic N) is 1. The van der Waals surface area contributed by atoms with Crippen LogP contribution in [0, 0.1) is 5.92 Å². The smallest absolute Gasteiger partial charge is 0.117 e. The number of aliphatic hydroxyl groups is 1. The second-order valence-electron chi connectivity index (χ2n) is 6.28. The van der Waals surface area contributed by atoms with E-state index >= 15 is 0 Å². The van der Waals surface area contributed by atoms with Gasteiger partial charge >= 0.3 is 0 Å². The summed E-state index contributed by atoms with van der Waals surface area (Å²) in [6.45, 7) is 1.65. The molecule has 2 aliphatic carbocycles. The van der Waals surface area contributed by atoms with Gasteiger partial charge in [0.15, 0.2) is 0 Å². The predicted octanol–water partition coefficient (Wildman–Crippen LogP) is 3.19. The molecule has 3 nitrogen and oxygen atoms in total. The minimum absolute atomic E-state index is 0.168. The zero-order valence-electron chi connectivity index (χ0n) is 11.6.